The lowest BCUT2D eigenvalue weighted by atomic mass is 9.93. The third-order valence-corrected chi connectivity index (χ3v) is 7.97. The Morgan fingerprint density at radius 3 is 2.44 bits per heavy atom. The van der Waals surface area contributed by atoms with E-state index in [1.54, 1.807) is 19.2 Å². The Hall–Kier alpha value is -3.86. The molecular weight excluding hydrogens is 575 g/mol. The van der Waals surface area contributed by atoms with Gasteiger partial charge < -0.3 is 15.0 Å². The standard InChI is InChI=1S/C32H36F3N5O2S/c1-4-6-12-30(38-27(5-2)23-15-17-40(18-16-23)22(3)41)39-31-28(42-24-10-8-7-9-11-24)19-26(21-37-31)43-25-13-14-29(36-20-25)32(33,34)35/h5,7-11,13-14,19-21,23H,4,6,12,15-18H2,1-3H3,(H,37,38,39)/b27-5-. The Morgan fingerprint density at radius 2 is 1.84 bits per heavy atom. The first-order valence-corrected chi connectivity index (χ1v) is 15.2. The van der Waals surface area contributed by atoms with Crippen molar-refractivity contribution in [1.29, 1.82) is 0 Å². The van der Waals surface area contributed by atoms with Gasteiger partial charge in [-0.15, -0.1) is 0 Å². The average molecular weight is 612 g/mol. The van der Waals surface area contributed by atoms with Crippen molar-refractivity contribution in [3.8, 4) is 11.5 Å². The van der Waals surface area contributed by atoms with Crippen LogP contribution >= 0.6 is 11.8 Å². The van der Waals surface area contributed by atoms with Crippen LogP contribution in [-0.2, 0) is 11.0 Å². The van der Waals surface area contributed by atoms with Crippen molar-refractivity contribution in [2.45, 2.75) is 68.8 Å². The van der Waals surface area contributed by atoms with Crippen molar-refractivity contribution < 1.29 is 22.7 Å². The fourth-order valence-corrected chi connectivity index (χ4v) is 5.48. The lowest BCUT2D eigenvalue weighted by Crippen LogP contribution is -2.39. The number of aliphatic imine (C=N–C) groups is 1. The van der Waals surface area contributed by atoms with Gasteiger partial charge in [0.2, 0.25) is 5.91 Å². The van der Waals surface area contributed by atoms with Crippen LogP contribution in [0.5, 0.6) is 11.5 Å². The second kappa shape index (κ2) is 15.0. The van der Waals surface area contributed by atoms with Crippen molar-refractivity contribution >= 4 is 29.3 Å². The lowest BCUT2D eigenvalue weighted by molar-refractivity contribution is -0.141. The molecule has 0 atom stereocenters. The number of pyridine rings is 2. The minimum absolute atomic E-state index is 0.104. The maximum absolute atomic E-state index is 13.0. The smallest absolute Gasteiger partial charge is 0.433 e. The van der Waals surface area contributed by atoms with Gasteiger partial charge in [-0.2, -0.15) is 13.2 Å². The van der Waals surface area contributed by atoms with Crippen LogP contribution in [0.2, 0.25) is 0 Å². The van der Waals surface area contributed by atoms with Gasteiger partial charge in [-0.25, -0.2) is 9.98 Å². The van der Waals surface area contributed by atoms with Crippen molar-refractivity contribution in [1.82, 2.24) is 20.2 Å². The number of unbranched alkanes of at least 4 members (excludes halogenated alkanes) is 1. The molecule has 11 heteroatoms. The molecule has 1 aliphatic heterocycles. The number of aromatic nitrogens is 2. The number of allylic oxidation sites excluding steroid dienone is 2. The van der Waals surface area contributed by atoms with Gasteiger partial charge in [0, 0.05) is 66.3 Å². The van der Waals surface area contributed by atoms with Gasteiger partial charge >= 0.3 is 6.18 Å². The van der Waals surface area contributed by atoms with Gasteiger partial charge in [-0.3, -0.25) is 9.78 Å². The number of piperidine rings is 1. The maximum atomic E-state index is 13.0. The third kappa shape index (κ3) is 9.31. The van der Waals surface area contributed by atoms with Crippen LogP contribution in [0.15, 0.2) is 87.5 Å². The normalized spacial score (nSPS) is 15.0. The van der Waals surface area contributed by atoms with Gasteiger partial charge in [-0.05, 0) is 50.5 Å². The molecule has 3 heterocycles. The second-order valence-electron chi connectivity index (χ2n) is 10.2. The number of nitrogens with one attached hydrogen (secondary N) is 1. The molecule has 0 saturated carbocycles. The van der Waals surface area contributed by atoms with Gasteiger partial charge in [-0.1, -0.05) is 49.4 Å². The zero-order valence-electron chi connectivity index (χ0n) is 24.5. The van der Waals surface area contributed by atoms with Crippen LogP contribution in [0.4, 0.5) is 19.0 Å². The Balaban J connectivity index is 1.61. The number of para-hydroxylation sites is 1. The number of hydrogen-bond acceptors (Lipinski definition) is 6. The van der Waals surface area contributed by atoms with Crippen molar-refractivity contribution in [2.24, 2.45) is 10.9 Å². The monoisotopic (exact) mass is 611 g/mol. The predicted molar refractivity (Wildman–Crippen MR) is 163 cm³/mol. The minimum atomic E-state index is -4.50. The number of nitrogens with zero attached hydrogens (tertiary/aromatic N) is 4. The van der Waals surface area contributed by atoms with Gasteiger partial charge in [0.25, 0.3) is 0 Å². The number of benzene rings is 1. The second-order valence-corrected chi connectivity index (χ2v) is 11.3. The van der Waals surface area contributed by atoms with Crippen LogP contribution in [0, 0.1) is 5.92 Å². The molecule has 228 valence electrons. The summed E-state index contributed by atoms with van der Waals surface area (Å²) in [4.78, 5) is 28.0. The number of carbonyl (C=O) groups excluding carboxylic acids is 1. The number of hydrogen-bond donors (Lipinski definition) is 1. The highest BCUT2D eigenvalue weighted by molar-refractivity contribution is 7.99. The van der Waals surface area contributed by atoms with Gasteiger partial charge in [0.15, 0.2) is 11.6 Å². The molecule has 2 aromatic heterocycles. The zero-order chi connectivity index (χ0) is 30.8. The number of ether oxygens (including phenoxy) is 1. The molecule has 1 aliphatic rings. The molecule has 1 saturated heterocycles. The van der Waals surface area contributed by atoms with E-state index in [-0.39, 0.29) is 11.8 Å². The van der Waals surface area contributed by atoms with E-state index in [4.69, 9.17) is 9.73 Å². The van der Waals surface area contributed by atoms with Crippen LogP contribution < -0.4 is 10.1 Å². The van der Waals surface area contributed by atoms with Gasteiger partial charge in [0.1, 0.15) is 17.3 Å². The van der Waals surface area contributed by atoms with Crippen molar-refractivity contribution in [3.05, 3.63) is 78.4 Å². The van der Waals surface area contributed by atoms with Crippen molar-refractivity contribution in [3.63, 3.8) is 0 Å². The highest BCUT2D eigenvalue weighted by atomic mass is 32.2. The van der Waals surface area contributed by atoms with Crippen molar-refractivity contribution in [2.75, 3.05) is 13.1 Å². The van der Waals surface area contributed by atoms with E-state index in [1.165, 1.54) is 24.0 Å². The summed E-state index contributed by atoms with van der Waals surface area (Å²) in [7, 11) is 0. The molecule has 0 spiro atoms. The van der Waals surface area contributed by atoms with Crippen LogP contribution in [0.1, 0.15) is 58.6 Å². The van der Waals surface area contributed by atoms with Gasteiger partial charge in [0.05, 0.1) is 0 Å². The first-order chi connectivity index (χ1) is 20.7. The number of amidine groups is 1. The van der Waals surface area contributed by atoms with E-state index in [0.717, 1.165) is 56.4 Å². The molecule has 0 unspecified atom stereocenters. The molecule has 0 radical (unpaired) electrons. The summed E-state index contributed by atoms with van der Waals surface area (Å²) < 4.78 is 45.1. The summed E-state index contributed by atoms with van der Waals surface area (Å²) >= 11 is 1.23. The Morgan fingerprint density at radius 1 is 1.12 bits per heavy atom. The highest BCUT2D eigenvalue weighted by Gasteiger charge is 2.32. The topological polar surface area (TPSA) is 79.7 Å². The van der Waals surface area contributed by atoms with E-state index < -0.39 is 11.9 Å². The summed E-state index contributed by atoms with van der Waals surface area (Å²) in [5.41, 5.74) is 0.135. The lowest BCUT2D eigenvalue weighted by Gasteiger charge is -2.33. The van der Waals surface area contributed by atoms with E-state index in [2.05, 4.69) is 28.3 Å². The molecule has 0 bridgehead atoms. The molecule has 43 heavy (non-hydrogen) atoms. The molecule has 0 aliphatic carbocycles. The van der Waals surface area contributed by atoms with E-state index in [0.29, 0.717) is 33.5 Å². The summed E-state index contributed by atoms with van der Waals surface area (Å²) in [6.45, 7) is 7.18. The Labute approximate surface area is 254 Å². The number of alkyl halides is 3. The number of carbonyl (C=O) groups is 1. The number of halogens is 3. The van der Waals surface area contributed by atoms with E-state index in [9.17, 15) is 18.0 Å². The average Bonchev–Trinajstić information content (AvgIpc) is 3.00. The number of likely N-dealkylation sites (tertiary alicyclic amines) is 1. The van der Waals surface area contributed by atoms with E-state index >= 15 is 0 Å². The molecule has 7 nitrogen and oxygen atoms in total. The maximum Gasteiger partial charge on any atom is 0.433 e. The van der Waals surface area contributed by atoms with Crippen LogP contribution in [-0.4, -0.2) is 39.7 Å². The van der Waals surface area contributed by atoms with Crippen LogP contribution in [0.3, 0.4) is 0 Å². The zero-order valence-corrected chi connectivity index (χ0v) is 25.3. The van der Waals surface area contributed by atoms with Crippen LogP contribution in [0.25, 0.3) is 0 Å². The Kier molecular flexibility index (Phi) is 11.2. The highest BCUT2D eigenvalue weighted by Crippen LogP contribution is 2.37. The summed E-state index contributed by atoms with van der Waals surface area (Å²) in [5, 5.41) is 3.57. The molecule has 1 amide bonds. The first kappa shape index (κ1) is 32.1. The molecule has 1 aromatic carbocycles. The molecule has 4 rings (SSSR count). The molecule has 1 N–H and O–H groups in total. The minimum Gasteiger partial charge on any atom is -0.453 e. The molecule has 3 aromatic rings. The number of amides is 1. The summed E-state index contributed by atoms with van der Waals surface area (Å²) in [6.07, 6.45) is 4.77. The Bertz CT molecular complexity index is 1420. The largest absolute Gasteiger partial charge is 0.453 e. The first-order valence-electron chi connectivity index (χ1n) is 14.4. The fourth-order valence-electron chi connectivity index (χ4n) is 4.69. The summed E-state index contributed by atoms with van der Waals surface area (Å²) in [5.74, 6) is 2.57. The predicted octanol–water partition coefficient (Wildman–Crippen LogP) is 8.41. The molecular formula is C32H36F3N5O2S. The molecule has 1 fully saturated rings. The fraction of sp³-hybridized carbons (Fsp3) is 0.375. The van der Waals surface area contributed by atoms with E-state index in [1.807, 2.05) is 42.2 Å². The SMILES string of the molecule is C/C=C(\N/C(CCCC)=N/c1ncc(Sc2ccc(C(F)(F)F)nc2)cc1Oc1ccccc1)C1CCN(C(C)=O)CC1. The summed E-state index contributed by atoms with van der Waals surface area (Å²) in [6, 6.07) is 13.4. The third-order valence-electron chi connectivity index (χ3n) is 7.03. The number of rotatable bonds is 10. The quantitative estimate of drug-likeness (QED) is 0.183.